The van der Waals surface area contributed by atoms with E-state index in [0.717, 1.165) is 0 Å². The quantitative estimate of drug-likeness (QED) is 0.793. The van der Waals surface area contributed by atoms with Crippen molar-refractivity contribution >= 4 is 0 Å². The van der Waals surface area contributed by atoms with Crippen molar-refractivity contribution in [3.63, 3.8) is 0 Å². The first-order chi connectivity index (χ1) is 6.52. The van der Waals surface area contributed by atoms with Gasteiger partial charge in [0.05, 0.1) is 0 Å². The van der Waals surface area contributed by atoms with Gasteiger partial charge in [0.1, 0.15) is 0 Å². The molecule has 1 aromatic rings. The van der Waals surface area contributed by atoms with Gasteiger partial charge in [0.15, 0.2) is 0 Å². The fourth-order valence-corrected chi connectivity index (χ4v) is 1.39. The van der Waals surface area contributed by atoms with Crippen LogP contribution >= 0.6 is 0 Å². The third kappa shape index (κ3) is 2.56. The van der Waals surface area contributed by atoms with E-state index in [-0.39, 0.29) is 6.04 Å². The van der Waals surface area contributed by atoms with Crippen molar-refractivity contribution in [1.29, 1.82) is 0 Å². The molecule has 78 valence electrons. The smallest absolute Gasteiger partial charge is 0.0450 e. The van der Waals surface area contributed by atoms with Crippen molar-refractivity contribution < 1.29 is 0 Å². The van der Waals surface area contributed by atoms with Gasteiger partial charge in [-0.25, -0.2) is 0 Å². The number of hydrogen-bond acceptors (Lipinski definition) is 2. The number of likely N-dealkylation sites (N-methyl/N-ethyl adjacent to an activating group) is 1. The highest BCUT2D eigenvalue weighted by Crippen LogP contribution is 2.17. The Kier molecular flexibility index (Phi) is 3.67. The monoisotopic (exact) mass is 192 g/mol. The second kappa shape index (κ2) is 4.58. The topological polar surface area (TPSA) is 29.3 Å². The molecule has 0 amide bonds. The highest BCUT2D eigenvalue weighted by Gasteiger charge is 2.15. The summed E-state index contributed by atoms with van der Waals surface area (Å²) in [5.41, 5.74) is 8.63. The molecule has 2 N–H and O–H groups in total. The van der Waals surface area contributed by atoms with Crippen molar-refractivity contribution in [1.82, 2.24) is 4.90 Å². The van der Waals surface area contributed by atoms with Gasteiger partial charge in [-0.3, -0.25) is 0 Å². The van der Waals surface area contributed by atoms with E-state index in [2.05, 4.69) is 57.1 Å². The van der Waals surface area contributed by atoms with Crippen molar-refractivity contribution in [2.24, 2.45) is 5.73 Å². The number of benzene rings is 1. The van der Waals surface area contributed by atoms with Crippen LogP contribution in [0.5, 0.6) is 0 Å². The SMILES string of the molecule is Cc1ccc(C(N)C(C)N(C)C)cc1. The van der Waals surface area contributed by atoms with Crippen LogP contribution in [0.2, 0.25) is 0 Å². The van der Waals surface area contributed by atoms with Gasteiger partial charge in [-0.05, 0) is 33.5 Å². The molecule has 2 heteroatoms. The second-order valence-corrected chi connectivity index (χ2v) is 4.14. The zero-order valence-corrected chi connectivity index (χ0v) is 9.49. The van der Waals surface area contributed by atoms with Crippen molar-refractivity contribution in [2.75, 3.05) is 14.1 Å². The summed E-state index contributed by atoms with van der Waals surface area (Å²) in [6.45, 7) is 4.23. The number of nitrogens with zero attached hydrogens (tertiary/aromatic N) is 1. The maximum absolute atomic E-state index is 6.15. The van der Waals surface area contributed by atoms with Crippen molar-refractivity contribution in [2.45, 2.75) is 25.9 Å². The lowest BCUT2D eigenvalue weighted by Gasteiger charge is -2.26. The van der Waals surface area contributed by atoms with E-state index in [9.17, 15) is 0 Å². The Morgan fingerprint density at radius 2 is 1.64 bits per heavy atom. The number of nitrogens with two attached hydrogens (primary N) is 1. The van der Waals surface area contributed by atoms with Crippen LogP contribution in [-0.2, 0) is 0 Å². The Morgan fingerprint density at radius 1 is 1.14 bits per heavy atom. The molecule has 0 saturated carbocycles. The molecule has 0 spiro atoms. The van der Waals surface area contributed by atoms with Crippen LogP contribution in [0.1, 0.15) is 24.1 Å². The molecule has 0 aliphatic heterocycles. The van der Waals surface area contributed by atoms with E-state index < -0.39 is 0 Å². The summed E-state index contributed by atoms with van der Waals surface area (Å²) >= 11 is 0. The third-order valence-corrected chi connectivity index (χ3v) is 2.80. The lowest BCUT2D eigenvalue weighted by atomic mass is 10.00. The maximum atomic E-state index is 6.15. The molecule has 2 unspecified atom stereocenters. The molecule has 0 saturated heterocycles. The summed E-state index contributed by atoms with van der Waals surface area (Å²) in [7, 11) is 4.11. The van der Waals surface area contributed by atoms with Crippen LogP contribution in [0.25, 0.3) is 0 Å². The van der Waals surface area contributed by atoms with E-state index in [1.807, 2.05) is 0 Å². The average molecular weight is 192 g/mol. The van der Waals surface area contributed by atoms with Gasteiger partial charge in [0.25, 0.3) is 0 Å². The molecular formula is C12H20N2. The molecule has 2 nitrogen and oxygen atoms in total. The molecule has 0 aromatic heterocycles. The predicted molar refractivity (Wildman–Crippen MR) is 61.3 cm³/mol. The second-order valence-electron chi connectivity index (χ2n) is 4.14. The van der Waals surface area contributed by atoms with E-state index in [1.54, 1.807) is 0 Å². The molecule has 0 radical (unpaired) electrons. The Balaban J connectivity index is 2.78. The molecule has 0 heterocycles. The highest BCUT2D eigenvalue weighted by molar-refractivity contribution is 5.24. The molecule has 0 aliphatic rings. The van der Waals surface area contributed by atoms with Crippen LogP contribution in [0, 0.1) is 6.92 Å². The van der Waals surface area contributed by atoms with Crippen LogP contribution in [0.4, 0.5) is 0 Å². The summed E-state index contributed by atoms with van der Waals surface area (Å²) in [4.78, 5) is 2.14. The Hall–Kier alpha value is -0.860. The first-order valence-corrected chi connectivity index (χ1v) is 5.01. The minimum atomic E-state index is 0.0885. The summed E-state index contributed by atoms with van der Waals surface area (Å²) in [6.07, 6.45) is 0. The number of rotatable bonds is 3. The third-order valence-electron chi connectivity index (χ3n) is 2.80. The molecule has 0 bridgehead atoms. The molecular weight excluding hydrogens is 172 g/mol. The molecule has 1 rings (SSSR count). The number of aryl methyl sites for hydroxylation is 1. The standard InChI is InChI=1S/C12H20N2/c1-9-5-7-11(8-6-9)12(13)10(2)14(3)4/h5-8,10,12H,13H2,1-4H3. The minimum Gasteiger partial charge on any atom is -0.323 e. The van der Waals surface area contributed by atoms with Gasteiger partial charge in [-0.1, -0.05) is 29.8 Å². The molecule has 1 aromatic carbocycles. The van der Waals surface area contributed by atoms with E-state index in [0.29, 0.717) is 6.04 Å². The Bertz CT molecular complexity index is 277. The van der Waals surface area contributed by atoms with Gasteiger partial charge in [0.2, 0.25) is 0 Å². The lowest BCUT2D eigenvalue weighted by Crippen LogP contribution is -2.35. The first kappa shape index (κ1) is 11.2. The molecule has 2 atom stereocenters. The van der Waals surface area contributed by atoms with E-state index in [1.165, 1.54) is 11.1 Å². The minimum absolute atomic E-state index is 0.0885. The maximum Gasteiger partial charge on any atom is 0.0450 e. The van der Waals surface area contributed by atoms with Gasteiger partial charge in [-0.15, -0.1) is 0 Å². The van der Waals surface area contributed by atoms with Crippen molar-refractivity contribution in [3.05, 3.63) is 35.4 Å². The zero-order chi connectivity index (χ0) is 10.7. The fourth-order valence-electron chi connectivity index (χ4n) is 1.39. The van der Waals surface area contributed by atoms with E-state index in [4.69, 9.17) is 5.73 Å². The molecule has 14 heavy (non-hydrogen) atoms. The van der Waals surface area contributed by atoms with E-state index >= 15 is 0 Å². The summed E-state index contributed by atoms with van der Waals surface area (Å²) < 4.78 is 0. The lowest BCUT2D eigenvalue weighted by molar-refractivity contribution is 0.274. The Labute approximate surface area is 86.7 Å². The summed E-state index contributed by atoms with van der Waals surface area (Å²) in [5.74, 6) is 0. The summed E-state index contributed by atoms with van der Waals surface area (Å²) in [6, 6.07) is 8.89. The molecule has 0 fully saturated rings. The normalized spacial score (nSPS) is 15.6. The van der Waals surface area contributed by atoms with Gasteiger partial charge in [-0.2, -0.15) is 0 Å². The van der Waals surface area contributed by atoms with Crippen LogP contribution < -0.4 is 5.73 Å². The highest BCUT2D eigenvalue weighted by atomic mass is 15.1. The zero-order valence-electron chi connectivity index (χ0n) is 9.49. The van der Waals surface area contributed by atoms with Gasteiger partial charge >= 0.3 is 0 Å². The van der Waals surface area contributed by atoms with Gasteiger partial charge < -0.3 is 10.6 Å². The summed E-state index contributed by atoms with van der Waals surface area (Å²) in [5, 5.41) is 0. The van der Waals surface area contributed by atoms with Crippen LogP contribution in [-0.4, -0.2) is 25.0 Å². The van der Waals surface area contributed by atoms with Crippen LogP contribution in [0.15, 0.2) is 24.3 Å². The van der Waals surface area contributed by atoms with Crippen molar-refractivity contribution in [3.8, 4) is 0 Å². The predicted octanol–water partition coefficient (Wildman–Crippen LogP) is 1.94. The van der Waals surface area contributed by atoms with Crippen LogP contribution in [0.3, 0.4) is 0 Å². The number of hydrogen-bond donors (Lipinski definition) is 1. The molecule has 0 aliphatic carbocycles. The first-order valence-electron chi connectivity index (χ1n) is 5.01. The fraction of sp³-hybridized carbons (Fsp3) is 0.500. The Morgan fingerprint density at radius 3 is 2.07 bits per heavy atom. The van der Waals surface area contributed by atoms with Gasteiger partial charge in [0, 0.05) is 12.1 Å². The average Bonchev–Trinajstić information content (AvgIpc) is 2.16. The largest absolute Gasteiger partial charge is 0.323 e.